The van der Waals surface area contributed by atoms with Crippen molar-refractivity contribution in [3.8, 4) is 0 Å². The van der Waals surface area contributed by atoms with Crippen molar-refractivity contribution in [1.82, 2.24) is 10.3 Å². The molecular formula is C11H18N2OS. The first-order valence-corrected chi connectivity index (χ1v) is 6.48. The molecule has 1 atom stereocenters. The molecule has 2 heterocycles. The predicted octanol–water partition coefficient (Wildman–Crippen LogP) is 1.83. The van der Waals surface area contributed by atoms with Gasteiger partial charge in [0.25, 0.3) is 0 Å². The maximum atomic E-state index is 5.37. The van der Waals surface area contributed by atoms with Crippen LogP contribution in [-0.4, -0.2) is 24.7 Å². The molecule has 1 aromatic heterocycles. The van der Waals surface area contributed by atoms with E-state index >= 15 is 0 Å². The lowest BCUT2D eigenvalue weighted by atomic mass is 10.1. The van der Waals surface area contributed by atoms with Gasteiger partial charge in [0.2, 0.25) is 0 Å². The topological polar surface area (TPSA) is 34.1 Å². The maximum absolute atomic E-state index is 5.37. The molecule has 4 heteroatoms. The zero-order valence-corrected chi connectivity index (χ0v) is 9.98. The summed E-state index contributed by atoms with van der Waals surface area (Å²) in [6.45, 7) is 5.86. The second-order valence-corrected chi connectivity index (χ2v) is 4.89. The summed E-state index contributed by atoms with van der Waals surface area (Å²) < 4.78 is 5.37. The molecule has 3 nitrogen and oxygen atoms in total. The molecule has 0 spiro atoms. The van der Waals surface area contributed by atoms with Gasteiger partial charge in [0.05, 0.1) is 10.7 Å². The van der Waals surface area contributed by atoms with Gasteiger partial charge in [0.15, 0.2) is 0 Å². The van der Waals surface area contributed by atoms with Gasteiger partial charge < -0.3 is 10.1 Å². The highest BCUT2D eigenvalue weighted by atomic mass is 32.1. The molecule has 0 amide bonds. The fraction of sp³-hybridized carbons (Fsp3) is 0.727. The van der Waals surface area contributed by atoms with E-state index in [1.54, 1.807) is 11.3 Å². The van der Waals surface area contributed by atoms with Crippen LogP contribution in [0.2, 0.25) is 0 Å². The number of nitrogens with one attached hydrogen (secondary N) is 1. The summed E-state index contributed by atoms with van der Waals surface area (Å²) in [5.41, 5.74) is 1.18. The predicted molar refractivity (Wildman–Crippen MR) is 62.1 cm³/mol. The van der Waals surface area contributed by atoms with Gasteiger partial charge in [-0.2, -0.15) is 0 Å². The Hall–Kier alpha value is -0.450. The molecule has 1 N–H and O–H groups in total. The fourth-order valence-corrected chi connectivity index (χ4v) is 2.68. The molecule has 1 aliphatic rings. The van der Waals surface area contributed by atoms with Crippen LogP contribution in [0.25, 0.3) is 0 Å². The summed E-state index contributed by atoms with van der Waals surface area (Å²) in [6, 6.07) is 0. The maximum Gasteiger partial charge on any atom is 0.0932 e. The number of hydrogen-bond acceptors (Lipinski definition) is 4. The largest absolute Gasteiger partial charge is 0.381 e. The molecule has 1 aromatic rings. The highest BCUT2D eigenvalue weighted by Crippen LogP contribution is 2.20. The lowest BCUT2D eigenvalue weighted by Gasteiger charge is -2.02. The molecule has 0 saturated carbocycles. The zero-order valence-electron chi connectivity index (χ0n) is 9.16. The first kappa shape index (κ1) is 11.0. The van der Waals surface area contributed by atoms with E-state index in [1.165, 1.54) is 17.1 Å². The lowest BCUT2D eigenvalue weighted by Crippen LogP contribution is -2.12. The Morgan fingerprint density at radius 1 is 1.67 bits per heavy atom. The van der Waals surface area contributed by atoms with Crippen molar-refractivity contribution in [3.63, 3.8) is 0 Å². The smallest absolute Gasteiger partial charge is 0.0932 e. The van der Waals surface area contributed by atoms with E-state index in [0.717, 1.165) is 32.7 Å². The first-order valence-electron chi connectivity index (χ1n) is 5.60. The summed E-state index contributed by atoms with van der Waals surface area (Å²) in [6.07, 6.45) is 2.29. The molecule has 84 valence electrons. The third kappa shape index (κ3) is 3.26. The van der Waals surface area contributed by atoms with E-state index in [0.29, 0.717) is 5.92 Å². The van der Waals surface area contributed by atoms with E-state index in [-0.39, 0.29) is 0 Å². The Labute approximate surface area is 94.9 Å². The van der Waals surface area contributed by atoms with Gasteiger partial charge in [-0.3, -0.25) is 0 Å². The van der Waals surface area contributed by atoms with E-state index in [9.17, 15) is 0 Å². The lowest BCUT2D eigenvalue weighted by molar-refractivity contribution is 0.186. The van der Waals surface area contributed by atoms with Gasteiger partial charge >= 0.3 is 0 Å². The molecular weight excluding hydrogens is 208 g/mol. The molecule has 1 saturated heterocycles. The van der Waals surface area contributed by atoms with Crippen LogP contribution in [0.5, 0.6) is 0 Å². The molecule has 1 fully saturated rings. The Kier molecular flexibility index (Phi) is 4.11. The molecule has 2 rings (SSSR count). The van der Waals surface area contributed by atoms with Gasteiger partial charge in [-0.15, -0.1) is 11.3 Å². The summed E-state index contributed by atoms with van der Waals surface area (Å²) in [5.74, 6) is 0.697. The van der Waals surface area contributed by atoms with Gasteiger partial charge in [-0.05, 0) is 18.9 Å². The number of rotatable bonds is 5. The monoisotopic (exact) mass is 226 g/mol. The van der Waals surface area contributed by atoms with Gasteiger partial charge in [-0.1, -0.05) is 6.92 Å². The highest BCUT2D eigenvalue weighted by Gasteiger charge is 2.17. The molecule has 0 aliphatic carbocycles. The third-order valence-corrected chi connectivity index (χ3v) is 3.56. The number of nitrogens with zero attached hydrogens (tertiary/aromatic N) is 1. The van der Waals surface area contributed by atoms with Crippen LogP contribution in [0.4, 0.5) is 0 Å². The average molecular weight is 226 g/mol. The third-order valence-electron chi connectivity index (χ3n) is 2.64. The summed E-state index contributed by atoms with van der Waals surface area (Å²) in [4.78, 5) is 4.61. The van der Waals surface area contributed by atoms with Crippen LogP contribution in [-0.2, 0) is 17.7 Å². The number of thiazole rings is 1. The van der Waals surface area contributed by atoms with Crippen molar-refractivity contribution in [3.05, 3.63) is 16.1 Å². The molecule has 1 aliphatic heterocycles. The van der Waals surface area contributed by atoms with Crippen molar-refractivity contribution in [2.24, 2.45) is 5.92 Å². The summed E-state index contributed by atoms with van der Waals surface area (Å²) in [5, 5.41) is 6.71. The van der Waals surface area contributed by atoms with Crippen LogP contribution in [0.3, 0.4) is 0 Å². The Balaban J connectivity index is 1.83. The van der Waals surface area contributed by atoms with Crippen LogP contribution < -0.4 is 5.32 Å². The first-order chi connectivity index (χ1) is 7.38. The Bertz CT molecular complexity index is 295. The Morgan fingerprint density at radius 3 is 3.33 bits per heavy atom. The van der Waals surface area contributed by atoms with Gasteiger partial charge in [-0.25, -0.2) is 4.98 Å². The molecule has 0 radical (unpaired) electrons. The van der Waals surface area contributed by atoms with Crippen LogP contribution in [0.1, 0.15) is 24.0 Å². The minimum Gasteiger partial charge on any atom is -0.381 e. The van der Waals surface area contributed by atoms with Crippen LogP contribution in [0, 0.1) is 5.92 Å². The van der Waals surface area contributed by atoms with E-state index in [2.05, 4.69) is 22.6 Å². The normalized spacial score (nSPS) is 21.0. The van der Waals surface area contributed by atoms with E-state index in [4.69, 9.17) is 4.74 Å². The van der Waals surface area contributed by atoms with Gasteiger partial charge in [0.1, 0.15) is 0 Å². The fourth-order valence-electron chi connectivity index (χ4n) is 1.77. The highest BCUT2D eigenvalue weighted by molar-refractivity contribution is 7.09. The minimum atomic E-state index is 0.697. The molecule has 0 aromatic carbocycles. The van der Waals surface area contributed by atoms with E-state index in [1.807, 2.05) is 0 Å². The van der Waals surface area contributed by atoms with Crippen molar-refractivity contribution in [2.45, 2.75) is 26.3 Å². The van der Waals surface area contributed by atoms with Gasteiger partial charge in [0, 0.05) is 31.6 Å². The summed E-state index contributed by atoms with van der Waals surface area (Å²) >= 11 is 1.78. The molecule has 0 bridgehead atoms. The van der Waals surface area contributed by atoms with Crippen molar-refractivity contribution in [2.75, 3.05) is 19.8 Å². The minimum absolute atomic E-state index is 0.697. The number of ether oxygens (including phenoxy) is 1. The Morgan fingerprint density at radius 2 is 2.60 bits per heavy atom. The number of hydrogen-bond donors (Lipinski definition) is 1. The van der Waals surface area contributed by atoms with Crippen molar-refractivity contribution >= 4 is 11.3 Å². The second kappa shape index (κ2) is 5.58. The zero-order chi connectivity index (χ0) is 10.5. The van der Waals surface area contributed by atoms with Crippen LogP contribution in [0.15, 0.2) is 5.38 Å². The SMILES string of the molecule is CCNCc1csc(CC2CCOC2)n1. The molecule has 1 unspecified atom stereocenters. The van der Waals surface area contributed by atoms with Crippen molar-refractivity contribution < 1.29 is 4.74 Å². The average Bonchev–Trinajstić information content (AvgIpc) is 2.87. The molecule has 15 heavy (non-hydrogen) atoms. The number of aromatic nitrogens is 1. The quantitative estimate of drug-likeness (QED) is 0.831. The second-order valence-electron chi connectivity index (χ2n) is 3.95. The standard InChI is InChI=1S/C11H18N2OS/c1-2-12-6-10-8-15-11(13-10)5-9-3-4-14-7-9/h8-9,12H,2-7H2,1H3. The summed E-state index contributed by atoms with van der Waals surface area (Å²) in [7, 11) is 0. The van der Waals surface area contributed by atoms with Crippen LogP contribution >= 0.6 is 11.3 Å². The van der Waals surface area contributed by atoms with Crippen molar-refractivity contribution in [1.29, 1.82) is 0 Å². The van der Waals surface area contributed by atoms with E-state index < -0.39 is 0 Å².